The molecule has 0 saturated heterocycles. The number of rotatable bonds is 4. The Labute approximate surface area is 117 Å². The van der Waals surface area contributed by atoms with Crippen LogP contribution in [-0.2, 0) is 12.3 Å². The number of aromatic nitrogens is 1. The molecule has 94 valence electrons. The van der Waals surface area contributed by atoms with Crippen molar-refractivity contribution in [2.24, 2.45) is 5.73 Å². The average Bonchev–Trinajstić information content (AvgIpc) is 2.38. The number of pyridine rings is 1. The third-order valence-corrected chi connectivity index (χ3v) is 3.94. The van der Waals surface area contributed by atoms with Gasteiger partial charge in [0.1, 0.15) is 5.03 Å². The van der Waals surface area contributed by atoms with Crippen LogP contribution in [0.3, 0.4) is 0 Å². The van der Waals surface area contributed by atoms with Crippen LogP contribution in [0.2, 0.25) is 5.02 Å². The first-order chi connectivity index (χ1) is 8.69. The third kappa shape index (κ3) is 3.48. The predicted molar refractivity (Wildman–Crippen MR) is 77.9 cm³/mol. The summed E-state index contributed by atoms with van der Waals surface area (Å²) in [5.41, 5.74) is 9.07. The summed E-state index contributed by atoms with van der Waals surface area (Å²) in [4.78, 5) is 4.53. The molecular formula is C14H15ClN2S. The molecule has 2 N–H and O–H groups in total. The van der Waals surface area contributed by atoms with E-state index in [9.17, 15) is 0 Å². The number of hydrogen-bond donors (Lipinski definition) is 1. The second-order valence-corrected chi connectivity index (χ2v) is 5.44. The number of aryl methyl sites for hydroxylation is 1. The van der Waals surface area contributed by atoms with Crippen LogP contribution in [0.4, 0.5) is 0 Å². The van der Waals surface area contributed by atoms with Gasteiger partial charge in [0.15, 0.2) is 0 Å². The molecule has 1 aromatic heterocycles. The summed E-state index contributed by atoms with van der Waals surface area (Å²) >= 11 is 7.57. The van der Waals surface area contributed by atoms with Gasteiger partial charge in [-0.15, -0.1) is 11.8 Å². The first kappa shape index (κ1) is 13.4. The molecule has 0 aliphatic carbocycles. The fourth-order valence-electron chi connectivity index (χ4n) is 1.57. The molecule has 4 heteroatoms. The normalized spacial score (nSPS) is 10.6. The molecule has 0 aliphatic rings. The van der Waals surface area contributed by atoms with Crippen LogP contribution in [-0.4, -0.2) is 4.98 Å². The second-order valence-electron chi connectivity index (χ2n) is 4.04. The molecule has 2 nitrogen and oxygen atoms in total. The van der Waals surface area contributed by atoms with Gasteiger partial charge in [-0.3, -0.25) is 0 Å². The Morgan fingerprint density at radius 2 is 1.89 bits per heavy atom. The highest BCUT2D eigenvalue weighted by molar-refractivity contribution is 7.98. The van der Waals surface area contributed by atoms with Crippen LogP contribution >= 0.6 is 23.4 Å². The summed E-state index contributed by atoms with van der Waals surface area (Å²) in [6, 6.07) is 11.9. The molecule has 2 rings (SSSR count). The van der Waals surface area contributed by atoms with Gasteiger partial charge in [0.05, 0.1) is 0 Å². The number of benzene rings is 1. The van der Waals surface area contributed by atoms with Gasteiger partial charge in [0.2, 0.25) is 0 Å². The number of halogens is 1. The smallest absolute Gasteiger partial charge is 0.101 e. The van der Waals surface area contributed by atoms with Crippen LogP contribution < -0.4 is 5.73 Å². The quantitative estimate of drug-likeness (QED) is 0.865. The minimum atomic E-state index is 0.524. The molecule has 0 fully saturated rings. The minimum absolute atomic E-state index is 0.524. The number of hydrogen-bond acceptors (Lipinski definition) is 3. The summed E-state index contributed by atoms with van der Waals surface area (Å²) in [6.07, 6.45) is 0. The zero-order valence-corrected chi connectivity index (χ0v) is 11.8. The van der Waals surface area contributed by atoms with Gasteiger partial charge in [-0.05, 0) is 36.2 Å². The van der Waals surface area contributed by atoms with Gasteiger partial charge < -0.3 is 5.73 Å². The summed E-state index contributed by atoms with van der Waals surface area (Å²) < 4.78 is 0. The van der Waals surface area contributed by atoms with Gasteiger partial charge >= 0.3 is 0 Å². The van der Waals surface area contributed by atoms with Crippen molar-refractivity contribution in [1.82, 2.24) is 4.98 Å². The van der Waals surface area contributed by atoms with E-state index in [0.717, 1.165) is 27.1 Å². The van der Waals surface area contributed by atoms with Gasteiger partial charge in [0, 0.05) is 23.0 Å². The number of nitrogens with zero attached hydrogens (tertiary/aromatic N) is 1. The van der Waals surface area contributed by atoms with E-state index in [0.29, 0.717) is 6.54 Å². The van der Waals surface area contributed by atoms with Gasteiger partial charge in [-0.1, -0.05) is 29.8 Å². The summed E-state index contributed by atoms with van der Waals surface area (Å²) in [7, 11) is 0. The van der Waals surface area contributed by atoms with E-state index >= 15 is 0 Å². The predicted octanol–water partition coefficient (Wildman–Crippen LogP) is 3.79. The van der Waals surface area contributed by atoms with Crippen LogP contribution in [0.15, 0.2) is 41.4 Å². The van der Waals surface area contributed by atoms with Crippen molar-refractivity contribution in [3.63, 3.8) is 0 Å². The molecule has 0 saturated carbocycles. The van der Waals surface area contributed by atoms with Gasteiger partial charge in [0.25, 0.3) is 0 Å². The van der Waals surface area contributed by atoms with Gasteiger partial charge in [-0.25, -0.2) is 4.98 Å². The summed E-state index contributed by atoms with van der Waals surface area (Å²) in [5.74, 6) is 0.876. The molecule has 0 atom stereocenters. The Morgan fingerprint density at radius 3 is 2.56 bits per heavy atom. The van der Waals surface area contributed by atoms with Crippen molar-refractivity contribution < 1.29 is 0 Å². The highest BCUT2D eigenvalue weighted by Gasteiger charge is 2.04. The maximum atomic E-state index is 5.86. The molecule has 0 radical (unpaired) electrons. The third-order valence-electron chi connectivity index (χ3n) is 2.59. The van der Waals surface area contributed by atoms with E-state index in [1.54, 1.807) is 11.8 Å². The van der Waals surface area contributed by atoms with Crippen LogP contribution in [0, 0.1) is 6.92 Å². The standard InChI is InChI=1S/C14H15ClN2S/c1-10-2-5-12(8-16)14(17-10)18-9-11-3-6-13(15)7-4-11/h2-7H,8-9,16H2,1H3. The van der Waals surface area contributed by atoms with Crippen LogP contribution in [0.25, 0.3) is 0 Å². The largest absolute Gasteiger partial charge is 0.326 e. The zero-order valence-electron chi connectivity index (χ0n) is 10.2. The fraction of sp³-hybridized carbons (Fsp3) is 0.214. The molecule has 2 aromatic rings. The van der Waals surface area contributed by atoms with Crippen molar-refractivity contribution in [1.29, 1.82) is 0 Å². The maximum Gasteiger partial charge on any atom is 0.101 e. The monoisotopic (exact) mass is 278 g/mol. The molecule has 0 aliphatic heterocycles. The molecule has 18 heavy (non-hydrogen) atoms. The SMILES string of the molecule is Cc1ccc(CN)c(SCc2ccc(Cl)cc2)n1. The molecule has 1 heterocycles. The lowest BCUT2D eigenvalue weighted by Gasteiger charge is -2.07. The second kappa shape index (κ2) is 6.23. The minimum Gasteiger partial charge on any atom is -0.326 e. The van der Waals surface area contributed by atoms with E-state index in [1.165, 1.54) is 5.56 Å². The van der Waals surface area contributed by atoms with Crippen LogP contribution in [0.5, 0.6) is 0 Å². The lowest BCUT2D eigenvalue weighted by Crippen LogP contribution is -2.01. The first-order valence-electron chi connectivity index (χ1n) is 5.73. The number of thioether (sulfide) groups is 1. The van der Waals surface area contributed by atoms with Crippen molar-refractivity contribution in [2.75, 3.05) is 0 Å². The molecule has 1 aromatic carbocycles. The molecule has 0 bridgehead atoms. The Bertz CT molecular complexity index is 526. The lowest BCUT2D eigenvalue weighted by molar-refractivity contribution is 0.941. The lowest BCUT2D eigenvalue weighted by atomic mass is 10.2. The van der Waals surface area contributed by atoms with Crippen molar-refractivity contribution in [3.8, 4) is 0 Å². The highest BCUT2D eigenvalue weighted by Crippen LogP contribution is 2.25. The Balaban J connectivity index is 2.09. The molecule has 0 unspecified atom stereocenters. The molecule has 0 amide bonds. The average molecular weight is 279 g/mol. The van der Waals surface area contributed by atoms with E-state index < -0.39 is 0 Å². The molecular weight excluding hydrogens is 264 g/mol. The summed E-state index contributed by atoms with van der Waals surface area (Å²) in [6.45, 7) is 2.52. The topological polar surface area (TPSA) is 38.9 Å². The van der Waals surface area contributed by atoms with Crippen molar-refractivity contribution in [3.05, 3.63) is 58.2 Å². The highest BCUT2D eigenvalue weighted by atomic mass is 35.5. The Kier molecular flexibility index (Phi) is 4.64. The fourth-order valence-corrected chi connectivity index (χ4v) is 2.74. The van der Waals surface area contributed by atoms with Crippen molar-refractivity contribution in [2.45, 2.75) is 24.2 Å². The number of nitrogens with two attached hydrogens (primary N) is 1. The zero-order chi connectivity index (χ0) is 13.0. The van der Waals surface area contributed by atoms with E-state index in [2.05, 4.69) is 4.98 Å². The Morgan fingerprint density at radius 1 is 1.17 bits per heavy atom. The van der Waals surface area contributed by atoms with E-state index in [4.69, 9.17) is 17.3 Å². The van der Waals surface area contributed by atoms with Crippen LogP contribution in [0.1, 0.15) is 16.8 Å². The van der Waals surface area contributed by atoms with Gasteiger partial charge in [-0.2, -0.15) is 0 Å². The van der Waals surface area contributed by atoms with Crippen molar-refractivity contribution >= 4 is 23.4 Å². The Hall–Kier alpha value is -1.03. The maximum absolute atomic E-state index is 5.86. The first-order valence-corrected chi connectivity index (χ1v) is 7.09. The molecule has 0 spiro atoms. The summed E-state index contributed by atoms with van der Waals surface area (Å²) in [5, 5.41) is 1.78. The van der Waals surface area contributed by atoms with E-state index in [1.807, 2.05) is 43.3 Å². The van der Waals surface area contributed by atoms with E-state index in [-0.39, 0.29) is 0 Å².